The number of hydrogen-bond acceptors (Lipinski definition) is 6. The molecular weight excluding hydrogens is 327 g/mol. The van der Waals surface area contributed by atoms with E-state index in [4.69, 9.17) is 4.52 Å². The zero-order valence-corrected chi connectivity index (χ0v) is 13.3. The van der Waals surface area contributed by atoms with Gasteiger partial charge in [0.25, 0.3) is 0 Å². The van der Waals surface area contributed by atoms with Gasteiger partial charge in [-0.1, -0.05) is 12.1 Å². The number of halogens is 3. The van der Waals surface area contributed by atoms with E-state index in [2.05, 4.69) is 14.9 Å². The van der Waals surface area contributed by atoms with Gasteiger partial charge in [-0.05, 0) is 24.7 Å². The van der Waals surface area contributed by atoms with Crippen molar-refractivity contribution in [3.63, 3.8) is 0 Å². The molecule has 6 nitrogen and oxygen atoms in total. The van der Waals surface area contributed by atoms with Crippen molar-refractivity contribution in [1.29, 1.82) is 0 Å². The first kappa shape index (κ1) is 17.9. The van der Waals surface area contributed by atoms with Crippen LogP contribution in [-0.4, -0.2) is 35.2 Å². The Morgan fingerprint density at radius 2 is 1.96 bits per heavy atom. The fourth-order valence-electron chi connectivity index (χ4n) is 2.23. The number of carbonyl (C=O) groups excluding carboxylic acids is 1. The number of ether oxygens (including phenoxy) is 1. The topological polar surface area (TPSA) is 68.5 Å². The minimum absolute atomic E-state index is 0.0594. The minimum Gasteiger partial charge on any atom is -0.468 e. The molecule has 24 heavy (non-hydrogen) atoms. The summed E-state index contributed by atoms with van der Waals surface area (Å²) in [5.74, 6) is -4.42. The van der Waals surface area contributed by atoms with E-state index >= 15 is 0 Å². The van der Waals surface area contributed by atoms with Crippen molar-refractivity contribution in [2.24, 2.45) is 0 Å². The number of aryl methyl sites for hydroxylation is 1. The average molecular weight is 343 g/mol. The van der Waals surface area contributed by atoms with Gasteiger partial charge in [-0.3, -0.25) is 4.90 Å². The van der Waals surface area contributed by atoms with Gasteiger partial charge in [-0.25, -0.2) is 18.0 Å². The number of hydrogen-bond donors (Lipinski definition) is 0. The highest BCUT2D eigenvalue weighted by atomic mass is 19.2. The lowest BCUT2D eigenvalue weighted by molar-refractivity contribution is -0.147. The predicted octanol–water partition coefficient (Wildman–Crippen LogP) is 2.40. The van der Waals surface area contributed by atoms with E-state index in [1.807, 2.05) is 6.92 Å². The molecule has 2 rings (SSSR count). The molecule has 0 fully saturated rings. The Kier molecular flexibility index (Phi) is 5.55. The second-order valence-corrected chi connectivity index (χ2v) is 5.10. The Balaban J connectivity index is 2.32. The molecule has 1 aromatic heterocycles. The third kappa shape index (κ3) is 3.73. The lowest BCUT2D eigenvalue weighted by Crippen LogP contribution is -2.32. The molecule has 0 unspecified atom stereocenters. The molecule has 0 spiro atoms. The van der Waals surface area contributed by atoms with Gasteiger partial charge in [0.05, 0.1) is 13.7 Å². The summed E-state index contributed by atoms with van der Waals surface area (Å²) in [5.41, 5.74) is -0.0834. The van der Waals surface area contributed by atoms with Crippen LogP contribution < -0.4 is 0 Å². The van der Waals surface area contributed by atoms with Crippen LogP contribution in [0, 0.1) is 17.5 Å². The number of esters is 1. The van der Waals surface area contributed by atoms with Crippen LogP contribution in [-0.2, 0) is 22.5 Å². The van der Waals surface area contributed by atoms with E-state index < -0.39 is 29.5 Å². The Bertz CT molecular complexity index is 713. The molecule has 0 saturated heterocycles. The molecule has 0 amide bonds. The fourth-order valence-corrected chi connectivity index (χ4v) is 2.23. The van der Waals surface area contributed by atoms with Gasteiger partial charge in [0.15, 0.2) is 23.3 Å². The van der Waals surface area contributed by atoms with Crippen molar-refractivity contribution < 1.29 is 27.2 Å². The van der Waals surface area contributed by atoms with E-state index in [0.717, 1.165) is 19.2 Å². The zero-order chi connectivity index (χ0) is 17.9. The highest BCUT2D eigenvalue weighted by Crippen LogP contribution is 2.25. The van der Waals surface area contributed by atoms with Crippen LogP contribution in [0.5, 0.6) is 0 Å². The summed E-state index contributed by atoms with van der Waals surface area (Å²) in [6, 6.07) is 0.345. The van der Waals surface area contributed by atoms with Gasteiger partial charge in [0, 0.05) is 6.42 Å². The lowest BCUT2D eigenvalue weighted by atomic mass is 10.0. The van der Waals surface area contributed by atoms with Crippen molar-refractivity contribution in [3.05, 3.63) is 46.9 Å². The summed E-state index contributed by atoms with van der Waals surface area (Å²) in [7, 11) is 2.66. The van der Waals surface area contributed by atoms with E-state index in [9.17, 15) is 18.0 Å². The van der Waals surface area contributed by atoms with Gasteiger partial charge in [0.1, 0.15) is 6.04 Å². The molecule has 2 aromatic rings. The Labute approximate surface area is 136 Å². The monoisotopic (exact) mass is 343 g/mol. The average Bonchev–Trinajstić information content (AvgIpc) is 3.00. The van der Waals surface area contributed by atoms with E-state index in [0.29, 0.717) is 18.1 Å². The van der Waals surface area contributed by atoms with Crippen molar-refractivity contribution in [3.8, 4) is 0 Å². The number of benzene rings is 1. The van der Waals surface area contributed by atoms with Gasteiger partial charge in [-0.15, -0.1) is 0 Å². The Morgan fingerprint density at radius 1 is 1.33 bits per heavy atom. The van der Waals surface area contributed by atoms with Gasteiger partial charge < -0.3 is 9.26 Å². The number of likely N-dealkylation sites (N-methyl/N-ethyl adjacent to an activating group) is 1. The second-order valence-electron chi connectivity index (χ2n) is 5.10. The largest absolute Gasteiger partial charge is 0.468 e. The fraction of sp³-hybridized carbons (Fsp3) is 0.400. The smallest absolute Gasteiger partial charge is 0.327 e. The normalized spacial score (nSPS) is 12.5. The molecule has 1 heterocycles. The summed E-state index contributed by atoms with van der Waals surface area (Å²) in [6.07, 6.45) is 0.547. The SMILES string of the molecule is CCc1nc(CN(C)[C@@H](C(=O)OC)c2cc(F)c(F)c(F)c2)no1. The predicted molar refractivity (Wildman–Crippen MR) is 76.2 cm³/mol. The number of carbonyl (C=O) groups is 1. The lowest BCUT2D eigenvalue weighted by Gasteiger charge is -2.25. The maximum atomic E-state index is 13.5. The number of rotatable bonds is 6. The Morgan fingerprint density at radius 3 is 2.46 bits per heavy atom. The highest BCUT2D eigenvalue weighted by molar-refractivity contribution is 5.77. The van der Waals surface area contributed by atoms with Crippen LogP contribution in [0.25, 0.3) is 0 Å². The first-order valence-electron chi connectivity index (χ1n) is 7.11. The molecule has 9 heteroatoms. The summed E-state index contributed by atoms with van der Waals surface area (Å²) < 4.78 is 49.7. The van der Waals surface area contributed by atoms with E-state index in [1.54, 1.807) is 0 Å². The molecule has 0 aliphatic heterocycles. The van der Waals surface area contributed by atoms with Gasteiger partial charge in [0.2, 0.25) is 5.89 Å². The minimum atomic E-state index is -1.60. The summed E-state index contributed by atoms with van der Waals surface area (Å²) in [4.78, 5) is 17.6. The highest BCUT2D eigenvalue weighted by Gasteiger charge is 2.29. The molecule has 0 saturated carbocycles. The van der Waals surface area contributed by atoms with Crippen molar-refractivity contribution in [2.45, 2.75) is 25.9 Å². The maximum Gasteiger partial charge on any atom is 0.327 e. The summed E-state index contributed by atoms with van der Waals surface area (Å²) in [5, 5.41) is 3.75. The third-order valence-electron chi connectivity index (χ3n) is 3.39. The van der Waals surface area contributed by atoms with Crippen molar-refractivity contribution >= 4 is 5.97 Å². The molecule has 130 valence electrons. The van der Waals surface area contributed by atoms with Gasteiger partial charge >= 0.3 is 5.97 Å². The number of methoxy groups -OCH3 is 1. The quantitative estimate of drug-likeness (QED) is 0.593. The summed E-state index contributed by atoms with van der Waals surface area (Å²) in [6.45, 7) is 1.90. The van der Waals surface area contributed by atoms with Crippen LogP contribution >= 0.6 is 0 Å². The molecule has 0 N–H and O–H groups in total. The van der Waals surface area contributed by atoms with Crippen LogP contribution in [0.3, 0.4) is 0 Å². The van der Waals surface area contributed by atoms with E-state index in [1.165, 1.54) is 11.9 Å². The second kappa shape index (κ2) is 7.43. The molecule has 0 aliphatic carbocycles. The van der Waals surface area contributed by atoms with Crippen molar-refractivity contribution in [2.75, 3.05) is 14.2 Å². The third-order valence-corrected chi connectivity index (χ3v) is 3.39. The molecular formula is C15H16F3N3O3. The first-order valence-corrected chi connectivity index (χ1v) is 7.11. The first-order chi connectivity index (χ1) is 11.4. The van der Waals surface area contributed by atoms with Crippen LogP contribution in [0.15, 0.2) is 16.7 Å². The van der Waals surface area contributed by atoms with Crippen LogP contribution in [0.4, 0.5) is 13.2 Å². The number of nitrogens with zero attached hydrogens (tertiary/aromatic N) is 3. The summed E-state index contributed by atoms with van der Waals surface area (Å²) >= 11 is 0. The standard InChI is InChI=1S/C15H16F3N3O3/c1-4-12-19-11(20-24-12)7-21(2)14(15(22)23-3)8-5-9(16)13(18)10(17)6-8/h5-6,14H,4,7H2,1-3H3/t14-/m1/s1. The number of aromatic nitrogens is 2. The molecule has 1 aromatic carbocycles. The van der Waals surface area contributed by atoms with E-state index in [-0.39, 0.29) is 12.1 Å². The molecule has 0 aliphatic rings. The van der Waals surface area contributed by atoms with Crippen LogP contribution in [0.1, 0.15) is 30.2 Å². The molecule has 0 bridgehead atoms. The molecule has 1 atom stereocenters. The van der Waals surface area contributed by atoms with Gasteiger partial charge in [-0.2, -0.15) is 4.98 Å². The van der Waals surface area contributed by atoms with Crippen LogP contribution in [0.2, 0.25) is 0 Å². The Hall–Kier alpha value is -2.42. The zero-order valence-electron chi connectivity index (χ0n) is 13.3. The molecule has 0 radical (unpaired) electrons. The van der Waals surface area contributed by atoms with Crippen molar-refractivity contribution in [1.82, 2.24) is 15.0 Å². The maximum absolute atomic E-state index is 13.5.